The van der Waals surface area contributed by atoms with E-state index in [2.05, 4.69) is 17.3 Å². The predicted octanol–water partition coefficient (Wildman–Crippen LogP) is 2.15. The van der Waals surface area contributed by atoms with Crippen molar-refractivity contribution in [2.24, 2.45) is 0 Å². The van der Waals surface area contributed by atoms with Gasteiger partial charge in [0, 0.05) is 20.1 Å². The molecule has 0 unspecified atom stereocenters. The van der Waals surface area contributed by atoms with Gasteiger partial charge in [-0.3, -0.25) is 0 Å². The smallest absolute Gasteiger partial charge is 0.168 e. The highest BCUT2D eigenvalue weighted by Gasteiger charge is 2.17. The van der Waals surface area contributed by atoms with Crippen LogP contribution in [0.25, 0.3) is 0 Å². The van der Waals surface area contributed by atoms with Gasteiger partial charge in [0.2, 0.25) is 0 Å². The molecule has 0 aromatic rings. The zero-order chi connectivity index (χ0) is 9.68. The molecule has 1 rings (SSSR count). The van der Waals surface area contributed by atoms with E-state index >= 15 is 0 Å². The SMILES string of the molecule is CNC(=S)N(C)C1CCCCCC1. The lowest BCUT2D eigenvalue weighted by molar-refractivity contribution is 0.328. The highest BCUT2D eigenvalue weighted by Crippen LogP contribution is 2.20. The first-order valence-electron chi connectivity index (χ1n) is 5.20. The lowest BCUT2D eigenvalue weighted by Gasteiger charge is -2.29. The van der Waals surface area contributed by atoms with Crippen LogP contribution >= 0.6 is 12.2 Å². The number of hydrogen-bond donors (Lipinski definition) is 1. The molecule has 0 aromatic heterocycles. The molecule has 0 saturated heterocycles. The normalized spacial score (nSPS) is 19.2. The maximum atomic E-state index is 5.22. The minimum Gasteiger partial charge on any atom is -0.366 e. The summed E-state index contributed by atoms with van der Waals surface area (Å²) in [5.41, 5.74) is 0. The molecule has 1 aliphatic carbocycles. The van der Waals surface area contributed by atoms with Gasteiger partial charge in [-0.15, -0.1) is 0 Å². The van der Waals surface area contributed by atoms with Gasteiger partial charge < -0.3 is 10.2 Å². The van der Waals surface area contributed by atoms with Gasteiger partial charge in [0.15, 0.2) is 5.11 Å². The topological polar surface area (TPSA) is 15.3 Å². The van der Waals surface area contributed by atoms with Gasteiger partial charge in [0.1, 0.15) is 0 Å². The molecule has 0 radical (unpaired) electrons. The molecule has 1 aliphatic rings. The van der Waals surface area contributed by atoms with Crippen molar-refractivity contribution in [1.29, 1.82) is 0 Å². The minimum absolute atomic E-state index is 0.669. The summed E-state index contributed by atoms with van der Waals surface area (Å²) in [5.74, 6) is 0. The van der Waals surface area contributed by atoms with Crippen LogP contribution in [0, 0.1) is 0 Å². The Morgan fingerprint density at radius 2 is 1.77 bits per heavy atom. The van der Waals surface area contributed by atoms with E-state index in [-0.39, 0.29) is 0 Å². The number of nitrogens with one attached hydrogen (secondary N) is 1. The summed E-state index contributed by atoms with van der Waals surface area (Å²) in [7, 11) is 4.00. The highest BCUT2D eigenvalue weighted by molar-refractivity contribution is 7.80. The fourth-order valence-corrected chi connectivity index (χ4v) is 2.14. The second-order valence-electron chi connectivity index (χ2n) is 3.81. The number of nitrogens with zero attached hydrogens (tertiary/aromatic N) is 1. The zero-order valence-corrected chi connectivity index (χ0v) is 9.49. The summed E-state index contributed by atoms with van der Waals surface area (Å²) in [4.78, 5) is 2.22. The Bertz CT molecular complexity index is 162. The van der Waals surface area contributed by atoms with Gasteiger partial charge >= 0.3 is 0 Å². The molecule has 2 nitrogen and oxygen atoms in total. The van der Waals surface area contributed by atoms with Crippen LogP contribution in [0.15, 0.2) is 0 Å². The summed E-state index contributed by atoms with van der Waals surface area (Å²) < 4.78 is 0. The molecular weight excluding hydrogens is 180 g/mol. The van der Waals surface area contributed by atoms with Gasteiger partial charge in [-0.25, -0.2) is 0 Å². The average molecular weight is 200 g/mol. The summed E-state index contributed by atoms with van der Waals surface area (Å²) >= 11 is 5.22. The van der Waals surface area contributed by atoms with E-state index in [4.69, 9.17) is 12.2 Å². The summed E-state index contributed by atoms with van der Waals surface area (Å²) in [5, 5.41) is 3.92. The Balaban J connectivity index is 2.43. The third-order valence-electron chi connectivity index (χ3n) is 2.91. The third-order valence-corrected chi connectivity index (χ3v) is 3.40. The molecule has 0 amide bonds. The number of rotatable bonds is 1. The molecule has 0 aromatic carbocycles. The van der Waals surface area contributed by atoms with Crippen molar-refractivity contribution in [3.63, 3.8) is 0 Å². The zero-order valence-electron chi connectivity index (χ0n) is 8.68. The monoisotopic (exact) mass is 200 g/mol. The number of hydrogen-bond acceptors (Lipinski definition) is 1. The van der Waals surface area contributed by atoms with Crippen molar-refractivity contribution in [2.75, 3.05) is 14.1 Å². The Morgan fingerprint density at radius 1 is 1.23 bits per heavy atom. The van der Waals surface area contributed by atoms with E-state index in [1.807, 2.05) is 7.05 Å². The van der Waals surface area contributed by atoms with Crippen LogP contribution in [0.1, 0.15) is 38.5 Å². The highest BCUT2D eigenvalue weighted by atomic mass is 32.1. The van der Waals surface area contributed by atoms with Crippen molar-refractivity contribution in [2.45, 2.75) is 44.6 Å². The maximum absolute atomic E-state index is 5.22. The second kappa shape index (κ2) is 5.43. The van der Waals surface area contributed by atoms with Crippen molar-refractivity contribution >= 4 is 17.3 Å². The molecule has 1 saturated carbocycles. The largest absolute Gasteiger partial charge is 0.366 e. The van der Waals surface area contributed by atoms with Crippen LogP contribution in [0.5, 0.6) is 0 Å². The van der Waals surface area contributed by atoms with E-state index in [0.29, 0.717) is 6.04 Å². The first-order chi connectivity index (χ1) is 6.25. The molecular formula is C10H20N2S. The van der Waals surface area contributed by atoms with Gasteiger partial charge in [-0.05, 0) is 25.1 Å². The van der Waals surface area contributed by atoms with Gasteiger partial charge in [0.05, 0.1) is 0 Å². The molecule has 3 heteroatoms. The lowest BCUT2D eigenvalue weighted by atomic mass is 10.1. The van der Waals surface area contributed by atoms with E-state index in [1.54, 1.807) is 0 Å². The molecule has 0 atom stereocenters. The quantitative estimate of drug-likeness (QED) is 0.516. The molecule has 0 aliphatic heterocycles. The summed E-state index contributed by atoms with van der Waals surface area (Å²) in [6, 6.07) is 0.669. The van der Waals surface area contributed by atoms with Crippen LogP contribution in [-0.2, 0) is 0 Å². The van der Waals surface area contributed by atoms with Crippen molar-refractivity contribution < 1.29 is 0 Å². The fraction of sp³-hybridized carbons (Fsp3) is 0.900. The third kappa shape index (κ3) is 3.14. The van der Waals surface area contributed by atoms with Gasteiger partial charge in [0.25, 0.3) is 0 Å². The van der Waals surface area contributed by atoms with Gasteiger partial charge in [-0.1, -0.05) is 25.7 Å². The van der Waals surface area contributed by atoms with Crippen molar-refractivity contribution in [1.82, 2.24) is 10.2 Å². The Kier molecular flexibility index (Phi) is 4.50. The molecule has 1 fully saturated rings. The van der Waals surface area contributed by atoms with Crippen LogP contribution in [0.4, 0.5) is 0 Å². The van der Waals surface area contributed by atoms with Crippen LogP contribution in [0.2, 0.25) is 0 Å². The Hall–Kier alpha value is -0.310. The second-order valence-corrected chi connectivity index (χ2v) is 4.20. The van der Waals surface area contributed by atoms with Crippen LogP contribution < -0.4 is 5.32 Å². The van der Waals surface area contributed by atoms with E-state index in [9.17, 15) is 0 Å². The first-order valence-corrected chi connectivity index (χ1v) is 5.61. The summed E-state index contributed by atoms with van der Waals surface area (Å²) in [6.07, 6.45) is 8.13. The lowest BCUT2D eigenvalue weighted by Crippen LogP contribution is -2.41. The van der Waals surface area contributed by atoms with E-state index in [0.717, 1.165) is 5.11 Å². The molecule has 0 heterocycles. The molecule has 76 valence electrons. The fourth-order valence-electron chi connectivity index (χ4n) is 1.99. The molecule has 0 spiro atoms. The maximum Gasteiger partial charge on any atom is 0.168 e. The number of thiocarbonyl (C=S) groups is 1. The van der Waals surface area contributed by atoms with Crippen molar-refractivity contribution in [3.05, 3.63) is 0 Å². The minimum atomic E-state index is 0.669. The average Bonchev–Trinajstić information content (AvgIpc) is 2.43. The van der Waals surface area contributed by atoms with Crippen LogP contribution in [0.3, 0.4) is 0 Å². The molecule has 13 heavy (non-hydrogen) atoms. The van der Waals surface area contributed by atoms with Crippen LogP contribution in [-0.4, -0.2) is 30.1 Å². The van der Waals surface area contributed by atoms with Gasteiger partial charge in [-0.2, -0.15) is 0 Å². The van der Waals surface area contributed by atoms with E-state index < -0.39 is 0 Å². The van der Waals surface area contributed by atoms with E-state index in [1.165, 1.54) is 38.5 Å². The molecule has 0 bridgehead atoms. The first kappa shape index (κ1) is 10.8. The Morgan fingerprint density at radius 3 is 2.23 bits per heavy atom. The standard InChI is InChI=1S/C10H20N2S/c1-11-10(13)12(2)9-7-5-3-4-6-8-9/h9H,3-8H2,1-2H3,(H,11,13). The summed E-state index contributed by atoms with van der Waals surface area (Å²) in [6.45, 7) is 0. The predicted molar refractivity (Wildman–Crippen MR) is 60.9 cm³/mol. The molecule has 1 N–H and O–H groups in total. The van der Waals surface area contributed by atoms with Crippen molar-refractivity contribution in [3.8, 4) is 0 Å². The Labute approximate surface area is 86.7 Å².